The van der Waals surface area contributed by atoms with Crippen LogP contribution in [0.15, 0.2) is 66.7 Å². The zero-order valence-electron chi connectivity index (χ0n) is 15.5. The molecule has 0 unspecified atom stereocenters. The molecule has 0 aliphatic heterocycles. The molecule has 1 aromatic heterocycles. The van der Waals surface area contributed by atoms with E-state index in [2.05, 4.69) is 71.7 Å². The molecule has 0 N–H and O–H groups in total. The van der Waals surface area contributed by atoms with Gasteiger partial charge in [0.15, 0.2) is 0 Å². The van der Waals surface area contributed by atoms with Crippen LogP contribution in [0.5, 0.6) is 0 Å². The first kappa shape index (κ1) is 17.0. The van der Waals surface area contributed by atoms with Gasteiger partial charge in [0.25, 0.3) is 0 Å². The SMILES string of the molecule is C#Cc1ccc(C#Cc2ccc3c(c2)c2ccccc2n3CCCC)cc1. The normalized spacial score (nSPS) is 10.5. The molecule has 3 aromatic carbocycles. The Kier molecular flexibility index (Phi) is 4.69. The van der Waals surface area contributed by atoms with E-state index in [4.69, 9.17) is 6.42 Å². The Labute approximate surface area is 160 Å². The highest BCUT2D eigenvalue weighted by molar-refractivity contribution is 6.08. The van der Waals surface area contributed by atoms with Gasteiger partial charge in [-0.15, -0.1) is 6.42 Å². The minimum Gasteiger partial charge on any atom is -0.340 e. The van der Waals surface area contributed by atoms with Crippen molar-refractivity contribution in [3.63, 3.8) is 0 Å². The van der Waals surface area contributed by atoms with Gasteiger partial charge in [0, 0.05) is 45.0 Å². The number of hydrogen-bond donors (Lipinski definition) is 0. The van der Waals surface area contributed by atoms with Crippen LogP contribution in [0.2, 0.25) is 0 Å². The lowest BCUT2D eigenvalue weighted by Crippen LogP contribution is -1.96. The molecule has 4 rings (SSSR count). The van der Waals surface area contributed by atoms with E-state index in [9.17, 15) is 0 Å². The molecule has 0 bridgehead atoms. The third-order valence-electron chi connectivity index (χ3n) is 4.91. The number of nitrogens with zero attached hydrogens (tertiary/aromatic N) is 1. The van der Waals surface area contributed by atoms with Crippen LogP contribution in [-0.2, 0) is 6.54 Å². The maximum Gasteiger partial charge on any atom is 0.0492 e. The Morgan fingerprint density at radius 3 is 2.22 bits per heavy atom. The number of terminal acetylenes is 1. The van der Waals surface area contributed by atoms with Gasteiger partial charge in [-0.1, -0.05) is 49.3 Å². The summed E-state index contributed by atoms with van der Waals surface area (Å²) >= 11 is 0. The topological polar surface area (TPSA) is 4.93 Å². The van der Waals surface area contributed by atoms with Gasteiger partial charge >= 0.3 is 0 Å². The molecule has 1 heteroatoms. The minimum absolute atomic E-state index is 0.877. The second kappa shape index (κ2) is 7.45. The molecular weight excluding hydrogens is 326 g/mol. The van der Waals surface area contributed by atoms with Gasteiger partial charge in [-0.3, -0.25) is 0 Å². The maximum absolute atomic E-state index is 5.41. The monoisotopic (exact) mass is 347 g/mol. The Hall–Kier alpha value is -3.42. The van der Waals surface area contributed by atoms with Crippen LogP contribution in [0.4, 0.5) is 0 Å². The van der Waals surface area contributed by atoms with E-state index < -0.39 is 0 Å². The molecule has 1 nitrogen and oxygen atoms in total. The number of para-hydroxylation sites is 1. The van der Waals surface area contributed by atoms with Crippen molar-refractivity contribution in [3.8, 4) is 24.2 Å². The molecule has 0 aliphatic rings. The predicted octanol–water partition coefficient (Wildman–Crippen LogP) is 5.98. The quantitative estimate of drug-likeness (QED) is 0.402. The first-order valence-electron chi connectivity index (χ1n) is 9.40. The van der Waals surface area contributed by atoms with Gasteiger partial charge in [-0.25, -0.2) is 0 Å². The number of aromatic nitrogens is 1. The van der Waals surface area contributed by atoms with Crippen LogP contribution in [-0.4, -0.2) is 4.57 Å². The maximum atomic E-state index is 5.41. The lowest BCUT2D eigenvalue weighted by molar-refractivity contribution is 0.665. The Balaban J connectivity index is 1.77. The van der Waals surface area contributed by atoms with Crippen molar-refractivity contribution in [3.05, 3.63) is 83.4 Å². The van der Waals surface area contributed by atoms with Crippen molar-refractivity contribution in [2.24, 2.45) is 0 Å². The highest BCUT2D eigenvalue weighted by atomic mass is 15.0. The van der Waals surface area contributed by atoms with Crippen LogP contribution in [0, 0.1) is 24.2 Å². The smallest absolute Gasteiger partial charge is 0.0492 e. The lowest BCUT2D eigenvalue weighted by Gasteiger charge is -2.06. The van der Waals surface area contributed by atoms with Crippen molar-refractivity contribution in [2.45, 2.75) is 26.3 Å². The van der Waals surface area contributed by atoms with Crippen LogP contribution >= 0.6 is 0 Å². The fraction of sp³-hybridized carbons (Fsp3) is 0.154. The van der Waals surface area contributed by atoms with Crippen LogP contribution in [0.3, 0.4) is 0 Å². The van der Waals surface area contributed by atoms with Gasteiger partial charge < -0.3 is 4.57 Å². The van der Waals surface area contributed by atoms with Crippen LogP contribution in [0.1, 0.15) is 36.5 Å². The molecule has 0 saturated heterocycles. The molecule has 0 atom stereocenters. The zero-order chi connectivity index (χ0) is 18.6. The van der Waals surface area contributed by atoms with Gasteiger partial charge in [0.05, 0.1) is 0 Å². The second-order valence-electron chi connectivity index (χ2n) is 6.73. The molecule has 0 aliphatic carbocycles. The van der Waals surface area contributed by atoms with E-state index in [0.29, 0.717) is 0 Å². The summed E-state index contributed by atoms with van der Waals surface area (Å²) < 4.78 is 2.43. The largest absolute Gasteiger partial charge is 0.340 e. The van der Waals surface area contributed by atoms with E-state index in [1.807, 2.05) is 24.3 Å². The summed E-state index contributed by atoms with van der Waals surface area (Å²) in [5.74, 6) is 9.17. The van der Waals surface area contributed by atoms with E-state index in [1.54, 1.807) is 0 Å². The molecule has 0 radical (unpaired) electrons. The molecule has 0 spiro atoms. The predicted molar refractivity (Wildman–Crippen MR) is 115 cm³/mol. The number of rotatable bonds is 3. The lowest BCUT2D eigenvalue weighted by atomic mass is 10.1. The molecule has 1 heterocycles. The van der Waals surface area contributed by atoms with Gasteiger partial charge in [-0.2, -0.15) is 0 Å². The number of hydrogen-bond acceptors (Lipinski definition) is 0. The Morgan fingerprint density at radius 1 is 0.778 bits per heavy atom. The average molecular weight is 347 g/mol. The summed E-state index contributed by atoms with van der Waals surface area (Å²) in [6.07, 6.45) is 7.78. The van der Waals surface area contributed by atoms with Crippen molar-refractivity contribution < 1.29 is 0 Å². The second-order valence-corrected chi connectivity index (χ2v) is 6.73. The van der Waals surface area contributed by atoms with E-state index >= 15 is 0 Å². The molecule has 0 saturated carbocycles. The third-order valence-corrected chi connectivity index (χ3v) is 4.91. The average Bonchev–Trinajstić information content (AvgIpc) is 3.04. The summed E-state index contributed by atoms with van der Waals surface area (Å²) in [5.41, 5.74) is 5.47. The highest BCUT2D eigenvalue weighted by Gasteiger charge is 2.09. The van der Waals surface area contributed by atoms with Gasteiger partial charge in [0.1, 0.15) is 0 Å². The Bertz CT molecular complexity index is 1200. The van der Waals surface area contributed by atoms with E-state index in [0.717, 1.165) is 23.2 Å². The molecule has 27 heavy (non-hydrogen) atoms. The summed E-state index contributed by atoms with van der Waals surface area (Å²) in [4.78, 5) is 0. The number of unbranched alkanes of at least 4 members (excludes halogenated alkanes) is 1. The fourth-order valence-corrected chi connectivity index (χ4v) is 3.48. The Morgan fingerprint density at radius 2 is 1.44 bits per heavy atom. The number of benzene rings is 3. The van der Waals surface area contributed by atoms with Crippen molar-refractivity contribution in [2.75, 3.05) is 0 Å². The molecule has 4 aromatic rings. The number of aryl methyl sites for hydroxylation is 1. The van der Waals surface area contributed by atoms with E-state index in [1.165, 1.54) is 34.6 Å². The molecular formula is C26H21N. The van der Waals surface area contributed by atoms with Gasteiger partial charge in [-0.05, 0) is 55.0 Å². The molecule has 130 valence electrons. The highest BCUT2D eigenvalue weighted by Crippen LogP contribution is 2.30. The summed E-state index contributed by atoms with van der Waals surface area (Å²) in [6, 6.07) is 23.0. The summed E-state index contributed by atoms with van der Waals surface area (Å²) in [7, 11) is 0. The molecule has 0 amide bonds. The zero-order valence-corrected chi connectivity index (χ0v) is 15.5. The first-order valence-corrected chi connectivity index (χ1v) is 9.40. The van der Waals surface area contributed by atoms with Crippen molar-refractivity contribution in [1.29, 1.82) is 0 Å². The van der Waals surface area contributed by atoms with E-state index in [-0.39, 0.29) is 0 Å². The van der Waals surface area contributed by atoms with Crippen molar-refractivity contribution >= 4 is 21.8 Å². The first-order chi connectivity index (χ1) is 13.3. The minimum atomic E-state index is 0.877. The van der Waals surface area contributed by atoms with Gasteiger partial charge in [0.2, 0.25) is 0 Å². The number of fused-ring (bicyclic) bond motifs is 3. The van der Waals surface area contributed by atoms with Crippen molar-refractivity contribution in [1.82, 2.24) is 4.57 Å². The fourth-order valence-electron chi connectivity index (χ4n) is 3.48. The third kappa shape index (κ3) is 3.33. The summed E-state index contributed by atoms with van der Waals surface area (Å²) in [6.45, 7) is 3.28. The van der Waals surface area contributed by atoms with Crippen LogP contribution < -0.4 is 0 Å². The standard InChI is InChI=1S/C26H21N/c1-3-5-18-27-25-9-7-6-8-23(25)24-19-22(16-17-26(24)27)15-14-21-12-10-20(4-2)11-13-21/h2,6-13,16-17,19H,3,5,18H2,1H3. The van der Waals surface area contributed by atoms with Crippen LogP contribution in [0.25, 0.3) is 21.8 Å². The molecule has 0 fully saturated rings. The summed E-state index contributed by atoms with van der Waals surface area (Å²) in [5, 5.41) is 2.57.